The number of hydrogen-bond acceptors (Lipinski definition) is 3. The highest BCUT2D eigenvalue weighted by Gasteiger charge is 2.21. The van der Waals surface area contributed by atoms with Crippen LogP contribution in [0.4, 0.5) is 0 Å². The van der Waals surface area contributed by atoms with Crippen LogP contribution in [0.1, 0.15) is 32.6 Å². The molecule has 0 spiro atoms. The standard InChI is InChI=1S/C13H26N2O2/c1-3-4-7-15(8-9-17-2)13(16)11-14-10-12-5-6-12/h12,14H,3-11H2,1-2H3. The first-order valence-corrected chi connectivity index (χ1v) is 6.75. The molecule has 1 rings (SSSR count). The van der Waals surface area contributed by atoms with Gasteiger partial charge in [0.1, 0.15) is 0 Å². The second-order valence-corrected chi connectivity index (χ2v) is 4.80. The highest BCUT2D eigenvalue weighted by Crippen LogP contribution is 2.27. The van der Waals surface area contributed by atoms with E-state index in [4.69, 9.17) is 4.74 Å². The van der Waals surface area contributed by atoms with E-state index in [1.54, 1.807) is 7.11 Å². The van der Waals surface area contributed by atoms with Gasteiger partial charge in [-0.15, -0.1) is 0 Å². The largest absolute Gasteiger partial charge is 0.383 e. The number of methoxy groups -OCH3 is 1. The molecule has 0 atom stereocenters. The number of ether oxygens (including phenoxy) is 1. The van der Waals surface area contributed by atoms with Gasteiger partial charge < -0.3 is 15.0 Å². The van der Waals surface area contributed by atoms with Crippen LogP contribution >= 0.6 is 0 Å². The van der Waals surface area contributed by atoms with E-state index in [1.807, 2.05) is 4.90 Å². The summed E-state index contributed by atoms with van der Waals surface area (Å²) in [4.78, 5) is 13.9. The first-order valence-electron chi connectivity index (χ1n) is 6.75. The van der Waals surface area contributed by atoms with Gasteiger partial charge in [0.25, 0.3) is 0 Å². The van der Waals surface area contributed by atoms with E-state index in [0.29, 0.717) is 19.7 Å². The van der Waals surface area contributed by atoms with Crippen molar-refractivity contribution in [2.45, 2.75) is 32.6 Å². The van der Waals surface area contributed by atoms with Crippen LogP contribution in [0.2, 0.25) is 0 Å². The Balaban J connectivity index is 2.18. The lowest BCUT2D eigenvalue weighted by molar-refractivity contribution is -0.131. The van der Waals surface area contributed by atoms with Gasteiger partial charge in [0, 0.05) is 20.2 Å². The quantitative estimate of drug-likeness (QED) is 0.627. The summed E-state index contributed by atoms with van der Waals surface area (Å²) in [5.41, 5.74) is 0. The molecule has 0 aromatic rings. The molecule has 1 saturated carbocycles. The second kappa shape index (κ2) is 8.48. The van der Waals surface area contributed by atoms with E-state index >= 15 is 0 Å². The van der Waals surface area contributed by atoms with Crippen molar-refractivity contribution < 1.29 is 9.53 Å². The summed E-state index contributed by atoms with van der Waals surface area (Å²) < 4.78 is 5.04. The molecular formula is C13H26N2O2. The molecule has 0 radical (unpaired) electrons. The van der Waals surface area contributed by atoms with Crippen LogP contribution in [0.15, 0.2) is 0 Å². The summed E-state index contributed by atoms with van der Waals surface area (Å²) in [7, 11) is 1.67. The number of rotatable bonds is 10. The Labute approximate surface area is 105 Å². The molecular weight excluding hydrogens is 216 g/mol. The van der Waals surface area contributed by atoms with Crippen molar-refractivity contribution in [2.24, 2.45) is 5.92 Å². The lowest BCUT2D eigenvalue weighted by atomic mass is 10.3. The van der Waals surface area contributed by atoms with Gasteiger partial charge >= 0.3 is 0 Å². The molecule has 1 amide bonds. The predicted molar refractivity (Wildman–Crippen MR) is 69.0 cm³/mol. The van der Waals surface area contributed by atoms with Crippen molar-refractivity contribution >= 4 is 5.91 Å². The molecule has 4 nitrogen and oxygen atoms in total. The van der Waals surface area contributed by atoms with Gasteiger partial charge in [-0.1, -0.05) is 13.3 Å². The summed E-state index contributed by atoms with van der Waals surface area (Å²) >= 11 is 0. The Kier molecular flexibility index (Phi) is 7.21. The Morgan fingerprint density at radius 3 is 2.76 bits per heavy atom. The van der Waals surface area contributed by atoms with Crippen LogP contribution in [0, 0.1) is 5.92 Å². The number of carbonyl (C=O) groups excluding carboxylic acids is 1. The van der Waals surface area contributed by atoms with Crippen molar-refractivity contribution in [1.29, 1.82) is 0 Å². The third-order valence-electron chi connectivity index (χ3n) is 3.11. The smallest absolute Gasteiger partial charge is 0.236 e. The Hall–Kier alpha value is -0.610. The molecule has 0 aromatic heterocycles. The van der Waals surface area contributed by atoms with Crippen LogP contribution in [-0.4, -0.2) is 50.7 Å². The summed E-state index contributed by atoms with van der Waals surface area (Å²) in [6.07, 6.45) is 4.83. The highest BCUT2D eigenvalue weighted by atomic mass is 16.5. The minimum absolute atomic E-state index is 0.205. The van der Waals surface area contributed by atoms with Crippen LogP contribution in [0.5, 0.6) is 0 Å². The number of amides is 1. The number of carbonyl (C=O) groups is 1. The van der Waals surface area contributed by atoms with Gasteiger partial charge in [-0.2, -0.15) is 0 Å². The van der Waals surface area contributed by atoms with E-state index in [9.17, 15) is 4.79 Å². The zero-order valence-corrected chi connectivity index (χ0v) is 11.2. The molecule has 0 heterocycles. The zero-order valence-electron chi connectivity index (χ0n) is 11.2. The lowest BCUT2D eigenvalue weighted by Gasteiger charge is -2.22. The topological polar surface area (TPSA) is 41.6 Å². The van der Waals surface area contributed by atoms with Crippen molar-refractivity contribution in [3.63, 3.8) is 0 Å². The first kappa shape index (κ1) is 14.5. The van der Waals surface area contributed by atoms with Crippen LogP contribution in [0.3, 0.4) is 0 Å². The van der Waals surface area contributed by atoms with Gasteiger partial charge in [0.2, 0.25) is 5.91 Å². The first-order chi connectivity index (χ1) is 8.27. The second-order valence-electron chi connectivity index (χ2n) is 4.80. The van der Waals surface area contributed by atoms with Gasteiger partial charge in [-0.25, -0.2) is 0 Å². The van der Waals surface area contributed by atoms with Crippen LogP contribution < -0.4 is 5.32 Å². The number of nitrogens with one attached hydrogen (secondary N) is 1. The maximum absolute atomic E-state index is 12.0. The van der Waals surface area contributed by atoms with Gasteiger partial charge in [0.05, 0.1) is 13.2 Å². The van der Waals surface area contributed by atoms with Gasteiger partial charge in [-0.3, -0.25) is 4.79 Å². The molecule has 0 aliphatic heterocycles. The summed E-state index contributed by atoms with van der Waals surface area (Å²) in [5.74, 6) is 1.03. The monoisotopic (exact) mass is 242 g/mol. The van der Waals surface area contributed by atoms with Gasteiger partial charge in [0.15, 0.2) is 0 Å². The molecule has 1 N–H and O–H groups in total. The Bertz CT molecular complexity index is 209. The van der Waals surface area contributed by atoms with Crippen molar-refractivity contribution in [3.05, 3.63) is 0 Å². The predicted octanol–water partition coefficient (Wildman–Crippen LogP) is 1.26. The molecule has 1 aliphatic rings. The molecule has 0 bridgehead atoms. The fraction of sp³-hybridized carbons (Fsp3) is 0.923. The van der Waals surface area contributed by atoms with Crippen molar-refractivity contribution in [2.75, 3.05) is 39.9 Å². The summed E-state index contributed by atoms with van der Waals surface area (Å²) in [5, 5.41) is 3.25. The van der Waals surface area contributed by atoms with E-state index in [-0.39, 0.29) is 5.91 Å². The SMILES string of the molecule is CCCCN(CCOC)C(=O)CNCC1CC1. The van der Waals surface area contributed by atoms with Gasteiger partial charge in [-0.05, 0) is 31.7 Å². The summed E-state index contributed by atoms with van der Waals surface area (Å²) in [6.45, 7) is 5.80. The normalized spacial score (nSPS) is 14.9. The third-order valence-corrected chi connectivity index (χ3v) is 3.11. The average molecular weight is 242 g/mol. The fourth-order valence-corrected chi connectivity index (χ4v) is 1.73. The zero-order chi connectivity index (χ0) is 12.5. The molecule has 100 valence electrons. The minimum Gasteiger partial charge on any atom is -0.383 e. The average Bonchev–Trinajstić information content (AvgIpc) is 3.13. The fourth-order valence-electron chi connectivity index (χ4n) is 1.73. The molecule has 1 fully saturated rings. The van der Waals surface area contributed by atoms with E-state index in [0.717, 1.165) is 31.8 Å². The van der Waals surface area contributed by atoms with E-state index in [2.05, 4.69) is 12.2 Å². The molecule has 4 heteroatoms. The maximum atomic E-state index is 12.0. The maximum Gasteiger partial charge on any atom is 0.236 e. The van der Waals surface area contributed by atoms with Crippen LogP contribution in [-0.2, 0) is 9.53 Å². The number of unbranched alkanes of at least 4 members (excludes halogenated alkanes) is 1. The molecule has 17 heavy (non-hydrogen) atoms. The van der Waals surface area contributed by atoms with E-state index < -0.39 is 0 Å². The number of nitrogens with zero attached hydrogens (tertiary/aromatic N) is 1. The van der Waals surface area contributed by atoms with Crippen LogP contribution in [0.25, 0.3) is 0 Å². The summed E-state index contributed by atoms with van der Waals surface area (Å²) in [6, 6.07) is 0. The van der Waals surface area contributed by atoms with E-state index in [1.165, 1.54) is 12.8 Å². The molecule has 1 aliphatic carbocycles. The third kappa shape index (κ3) is 6.64. The molecule has 0 saturated heterocycles. The van der Waals surface area contributed by atoms with Crippen molar-refractivity contribution in [3.8, 4) is 0 Å². The highest BCUT2D eigenvalue weighted by molar-refractivity contribution is 5.78. The van der Waals surface area contributed by atoms with Crippen molar-refractivity contribution in [1.82, 2.24) is 10.2 Å². The lowest BCUT2D eigenvalue weighted by Crippen LogP contribution is -2.41. The molecule has 0 aromatic carbocycles. The Morgan fingerprint density at radius 1 is 1.41 bits per heavy atom. The molecule has 0 unspecified atom stereocenters. The Morgan fingerprint density at radius 2 is 2.18 bits per heavy atom. The number of hydrogen-bond donors (Lipinski definition) is 1. The minimum atomic E-state index is 0.205.